The first-order chi connectivity index (χ1) is 12.4. The zero-order valence-corrected chi connectivity index (χ0v) is 16.8. The molecule has 4 aliphatic carbocycles. The molecule has 0 aromatic carbocycles. The van der Waals surface area contributed by atoms with Gasteiger partial charge < -0.3 is 5.32 Å². The molecule has 1 heterocycles. The number of allylic oxidation sites excluding steroid dienone is 1. The van der Waals surface area contributed by atoms with Crippen molar-refractivity contribution in [1.29, 1.82) is 0 Å². The van der Waals surface area contributed by atoms with Gasteiger partial charge in [-0.3, -0.25) is 9.48 Å². The van der Waals surface area contributed by atoms with Crippen molar-refractivity contribution in [1.82, 2.24) is 15.1 Å². The zero-order chi connectivity index (χ0) is 18.5. The maximum Gasteiger partial charge on any atom is 0.243 e. The summed E-state index contributed by atoms with van der Waals surface area (Å²) in [6, 6.07) is 0. The van der Waals surface area contributed by atoms with Gasteiger partial charge in [0.15, 0.2) is 0 Å². The van der Waals surface area contributed by atoms with E-state index in [1.54, 1.807) is 0 Å². The van der Waals surface area contributed by atoms with Crippen LogP contribution in [0.2, 0.25) is 0 Å². The zero-order valence-electron chi connectivity index (χ0n) is 16.8. The Bertz CT molecular complexity index is 708. The van der Waals surface area contributed by atoms with E-state index in [4.69, 9.17) is 0 Å². The third kappa shape index (κ3) is 3.12. The molecule has 1 aromatic rings. The average Bonchev–Trinajstić information content (AvgIpc) is 2.79. The second-order valence-electron chi connectivity index (χ2n) is 9.34. The molecule has 1 aromatic heterocycles. The highest BCUT2D eigenvalue weighted by atomic mass is 16.1. The molecule has 142 valence electrons. The fraction of sp³-hybridized carbons (Fsp3) is 0.727. The Labute approximate surface area is 157 Å². The van der Waals surface area contributed by atoms with Crippen LogP contribution in [0.4, 0.5) is 0 Å². The molecule has 0 radical (unpaired) electrons. The normalized spacial score (nSPS) is 32.9. The number of carbonyl (C=O) groups excluding carboxylic acids is 1. The second kappa shape index (κ2) is 6.54. The fourth-order valence-electron chi connectivity index (χ4n) is 6.48. The van der Waals surface area contributed by atoms with Crippen molar-refractivity contribution in [2.45, 2.75) is 65.7 Å². The van der Waals surface area contributed by atoms with Gasteiger partial charge in [0.2, 0.25) is 5.91 Å². The van der Waals surface area contributed by atoms with Crippen LogP contribution in [0.1, 0.15) is 62.4 Å². The van der Waals surface area contributed by atoms with Crippen molar-refractivity contribution in [2.24, 2.45) is 30.2 Å². The van der Waals surface area contributed by atoms with Crippen molar-refractivity contribution >= 4 is 5.91 Å². The first-order valence-corrected chi connectivity index (χ1v) is 10.3. The predicted octanol–water partition coefficient (Wildman–Crippen LogP) is 3.86. The summed E-state index contributed by atoms with van der Waals surface area (Å²) >= 11 is 0. The second-order valence-corrected chi connectivity index (χ2v) is 9.34. The first kappa shape index (κ1) is 17.8. The van der Waals surface area contributed by atoms with Crippen molar-refractivity contribution in [2.75, 3.05) is 6.54 Å². The summed E-state index contributed by atoms with van der Waals surface area (Å²) in [5, 5.41) is 7.56. The molecule has 4 aliphatic rings. The Kier molecular flexibility index (Phi) is 4.48. The number of carbonyl (C=O) groups is 1. The predicted molar refractivity (Wildman–Crippen MR) is 104 cm³/mol. The van der Waals surface area contributed by atoms with E-state index in [1.807, 2.05) is 24.7 Å². The fourth-order valence-corrected chi connectivity index (χ4v) is 6.48. The third-order valence-electron chi connectivity index (χ3n) is 7.56. The summed E-state index contributed by atoms with van der Waals surface area (Å²) in [4.78, 5) is 12.5. The standard InChI is InChI=1S/C22H33N3O/c1-14(22-11-17-8-18(12-22)10-19(9-17)13-22)7-21(26)23-6-5-20-15(2)24-25(4)16(20)3/h7,17-19H,5-6,8-13H2,1-4H3,(H,23,26)/b14-7+. The minimum atomic E-state index is 0.0810. The lowest BCUT2D eigenvalue weighted by Crippen LogP contribution is -2.46. The minimum absolute atomic E-state index is 0.0810. The molecule has 0 aliphatic heterocycles. The number of amides is 1. The number of nitrogens with zero attached hydrogens (tertiary/aromatic N) is 2. The van der Waals surface area contributed by atoms with E-state index in [-0.39, 0.29) is 5.91 Å². The Morgan fingerprint density at radius 2 is 1.77 bits per heavy atom. The Hall–Kier alpha value is -1.58. The van der Waals surface area contributed by atoms with Crippen molar-refractivity contribution in [3.05, 3.63) is 28.6 Å². The van der Waals surface area contributed by atoms with Crippen LogP contribution in [0.3, 0.4) is 0 Å². The molecule has 1 N–H and O–H groups in total. The van der Waals surface area contributed by atoms with Gasteiger partial charge in [0.25, 0.3) is 0 Å². The Balaban J connectivity index is 1.36. The first-order valence-electron chi connectivity index (χ1n) is 10.3. The molecule has 5 rings (SSSR count). The van der Waals surface area contributed by atoms with Crippen LogP contribution in [-0.2, 0) is 18.3 Å². The highest BCUT2D eigenvalue weighted by Crippen LogP contribution is 2.62. The molecular formula is C22H33N3O. The van der Waals surface area contributed by atoms with Crippen LogP contribution in [0.15, 0.2) is 11.6 Å². The molecule has 26 heavy (non-hydrogen) atoms. The Morgan fingerprint density at radius 3 is 2.27 bits per heavy atom. The maximum absolute atomic E-state index is 12.5. The number of aryl methyl sites for hydroxylation is 2. The molecule has 4 nitrogen and oxygen atoms in total. The molecule has 4 bridgehead atoms. The van der Waals surface area contributed by atoms with Gasteiger partial charge >= 0.3 is 0 Å². The van der Waals surface area contributed by atoms with E-state index >= 15 is 0 Å². The van der Waals surface area contributed by atoms with Crippen LogP contribution in [0, 0.1) is 37.0 Å². The maximum atomic E-state index is 12.5. The van der Waals surface area contributed by atoms with Crippen LogP contribution < -0.4 is 5.32 Å². The molecule has 0 spiro atoms. The molecule has 4 saturated carbocycles. The smallest absolute Gasteiger partial charge is 0.243 e. The van der Waals surface area contributed by atoms with Gasteiger partial charge in [-0.2, -0.15) is 5.10 Å². The van der Waals surface area contributed by atoms with Crippen molar-refractivity contribution in [3.8, 4) is 0 Å². The van der Waals surface area contributed by atoms with E-state index in [0.29, 0.717) is 12.0 Å². The minimum Gasteiger partial charge on any atom is -0.352 e. The van der Waals surface area contributed by atoms with Crippen molar-refractivity contribution < 1.29 is 4.79 Å². The summed E-state index contributed by atoms with van der Waals surface area (Å²) in [7, 11) is 1.97. The van der Waals surface area contributed by atoms with Crippen LogP contribution in [0.25, 0.3) is 0 Å². The molecule has 0 atom stereocenters. The molecule has 1 amide bonds. The van der Waals surface area contributed by atoms with E-state index in [1.165, 1.54) is 55.4 Å². The van der Waals surface area contributed by atoms with Crippen LogP contribution in [-0.4, -0.2) is 22.2 Å². The molecule has 0 unspecified atom stereocenters. The van der Waals surface area contributed by atoms with Gasteiger partial charge in [-0.1, -0.05) is 5.57 Å². The number of rotatable bonds is 5. The van der Waals surface area contributed by atoms with Crippen LogP contribution >= 0.6 is 0 Å². The van der Waals surface area contributed by atoms with E-state index in [9.17, 15) is 4.79 Å². The van der Waals surface area contributed by atoms with E-state index in [2.05, 4.69) is 24.3 Å². The lowest BCUT2D eigenvalue weighted by atomic mass is 9.48. The molecule has 0 saturated heterocycles. The summed E-state index contributed by atoms with van der Waals surface area (Å²) in [5.74, 6) is 2.84. The number of aromatic nitrogens is 2. The lowest BCUT2D eigenvalue weighted by molar-refractivity contribution is -0.116. The summed E-state index contributed by atoms with van der Waals surface area (Å²) in [6.45, 7) is 7.02. The quantitative estimate of drug-likeness (QED) is 0.815. The lowest BCUT2D eigenvalue weighted by Gasteiger charge is -2.57. The molecule has 4 heteroatoms. The SMILES string of the molecule is C/C(=C\C(=O)NCCc1c(C)nn(C)c1C)C12CC3CC(CC(C3)C1)C2. The number of hydrogen-bond donors (Lipinski definition) is 1. The van der Waals surface area contributed by atoms with Gasteiger partial charge in [-0.05, 0) is 94.4 Å². The molecule has 4 fully saturated rings. The summed E-state index contributed by atoms with van der Waals surface area (Å²) < 4.78 is 1.92. The third-order valence-corrected chi connectivity index (χ3v) is 7.56. The molecular weight excluding hydrogens is 322 g/mol. The Morgan fingerprint density at radius 1 is 1.19 bits per heavy atom. The highest BCUT2D eigenvalue weighted by Gasteiger charge is 2.51. The monoisotopic (exact) mass is 355 g/mol. The largest absolute Gasteiger partial charge is 0.352 e. The highest BCUT2D eigenvalue weighted by molar-refractivity contribution is 5.88. The van der Waals surface area contributed by atoms with Crippen LogP contribution in [0.5, 0.6) is 0 Å². The number of nitrogens with one attached hydrogen (secondary N) is 1. The van der Waals surface area contributed by atoms with Gasteiger partial charge in [0.1, 0.15) is 0 Å². The van der Waals surface area contributed by atoms with Gasteiger partial charge in [0.05, 0.1) is 5.69 Å². The van der Waals surface area contributed by atoms with E-state index in [0.717, 1.165) is 29.9 Å². The van der Waals surface area contributed by atoms with Gasteiger partial charge in [-0.15, -0.1) is 0 Å². The van der Waals surface area contributed by atoms with E-state index < -0.39 is 0 Å². The summed E-state index contributed by atoms with van der Waals surface area (Å²) in [5.41, 5.74) is 5.19. The topological polar surface area (TPSA) is 46.9 Å². The number of hydrogen-bond acceptors (Lipinski definition) is 2. The van der Waals surface area contributed by atoms with Gasteiger partial charge in [-0.25, -0.2) is 0 Å². The average molecular weight is 356 g/mol. The summed E-state index contributed by atoms with van der Waals surface area (Å²) in [6.07, 6.45) is 11.1. The van der Waals surface area contributed by atoms with Crippen molar-refractivity contribution in [3.63, 3.8) is 0 Å². The van der Waals surface area contributed by atoms with Gasteiger partial charge in [0, 0.05) is 25.4 Å².